The van der Waals surface area contributed by atoms with Gasteiger partial charge in [-0.3, -0.25) is 4.98 Å². The van der Waals surface area contributed by atoms with Crippen molar-refractivity contribution >= 4 is 37.7 Å². The van der Waals surface area contributed by atoms with E-state index in [-0.39, 0.29) is 0 Å². The zero-order chi connectivity index (χ0) is 17.6. The number of benzene rings is 2. The first-order valence-electron chi connectivity index (χ1n) is 7.85. The first kappa shape index (κ1) is 15.8. The van der Waals surface area contributed by atoms with E-state index in [0.717, 1.165) is 37.4 Å². The molecule has 122 valence electrons. The number of nitrogens with zero attached hydrogens (tertiary/aromatic N) is 3. The van der Waals surface area contributed by atoms with E-state index in [1.54, 1.807) is 6.20 Å². The van der Waals surface area contributed by atoms with Crippen LogP contribution in [-0.2, 0) is 5.41 Å². The SMILES string of the molecule is CC(C)(C#N)c1ccc(-c2onc3cnc4ccc(Br)cc4c23)cc1. The molecule has 0 radical (unpaired) electrons. The first-order chi connectivity index (χ1) is 12.0. The van der Waals surface area contributed by atoms with Gasteiger partial charge in [0, 0.05) is 15.4 Å². The van der Waals surface area contributed by atoms with Crippen LogP contribution >= 0.6 is 15.9 Å². The Bertz CT molecular complexity index is 1140. The highest BCUT2D eigenvalue weighted by Crippen LogP contribution is 2.35. The van der Waals surface area contributed by atoms with Crippen molar-refractivity contribution < 1.29 is 4.52 Å². The summed E-state index contributed by atoms with van der Waals surface area (Å²) in [6, 6.07) is 16.2. The highest BCUT2D eigenvalue weighted by molar-refractivity contribution is 9.10. The van der Waals surface area contributed by atoms with Gasteiger partial charge in [-0.1, -0.05) is 45.4 Å². The summed E-state index contributed by atoms with van der Waals surface area (Å²) >= 11 is 3.52. The highest BCUT2D eigenvalue weighted by atomic mass is 79.9. The van der Waals surface area contributed by atoms with Crippen molar-refractivity contribution in [1.82, 2.24) is 10.1 Å². The van der Waals surface area contributed by atoms with Gasteiger partial charge in [0.1, 0.15) is 5.52 Å². The molecule has 5 heteroatoms. The van der Waals surface area contributed by atoms with E-state index in [2.05, 4.69) is 32.1 Å². The number of hydrogen-bond donors (Lipinski definition) is 0. The molecule has 0 N–H and O–H groups in total. The molecule has 0 atom stereocenters. The Morgan fingerprint density at radius 2 is 1.84 bits per heavy atom. The second-order valence-corrected chi connectivity index (χ2v) is 7.42. The van der Waals surface area contributed by atoms with Gasteiger partial charge in [-0.25, -0.2) is 0 Å². The molecule has 2 aromatic carbocycles. The molecule has 0 aliphatic carbocycles. The van der Waals surface area contributed by atoms with Gasteiger partial charge in [-0.05, 0) is 37.6 Å². The second kappa shape index (κ2) is 5.68. The molecule has 0 amide bonds. The predicted molar refractivity (Wildman–Crippen MR) is 101 cm³/mol. The average molecular weight is 392 g/mol. The van der Waals surface area contributed by atoms with E-state index in [0.29, 0.717) is 5.76 Å². The van der Waals surface area contributed by atoms with E-state index < -0.39 is 5.41 Å². The van der Waals surface area contributed by atoms with Crippen LogP contribution in [0.5, 0.6) is 0 Å². The maximum atomic E-state index is 9.30. The maximum Gasteiger partial charge on any atom is 0.175 e. The lowest BCUT2D eigenvalue weighted by Gasteiger charge is -2.15. The number of rotatable bonds is 2. The lowest BCUT2D eigenvalue weighted by atomic mass is 9.86. The summed E-state index contributed by atoms with van der Waals surface area (Å²) in [4.78, 5) is 4.44. The van der Waals surface area contributed by atoms with Crippen LogP contribution in [0, 0.1) is 11.3 Å². The molecule has 2 aromatic heterocycles. The molecular formula is C20H14BrN3O. The minimum absolute atomic E-state index is 0.524. The Balaban J connectivity index is 1.93. The van der Waals surface area contributed by atoms with Crippen molar-refractivity contribution in [3.63, 3.8) is 0 Å². The Kier molecular flexibility index (Phi) is 3.59. The summed E-state index contributed by atoms with van der Waals surface area (Å²) in [6.45, 7) is 3.81. The van der Waals surface area contributed by atoms with Gasteiger partial charge in [0.15, 0.2) is 5.76 Å². The van der Waals surface area contributed by atoms with E-state index in [4.69, 9.17) is 4.52 Å². The van der Waals surface area contributed by atoms with E-state index in [1.807, 2.05) is 56.3 Å². The number of halogens is 1. The molecule has 0 aliphatic heterocycles. The van der Waals surface area contributed by atoms with Gasteiger partial charge < -0.3 is 4.52 Å². The molecule has 0 unspecified atom stereocenters. The van der Waals surface area contributed by atoms with Crippen LogP contribution in [0.3, 0.4) is 0 Å². The second-order valence-electron chi connectivity index (χ2n) is 6.51. The van der Waals surface area contributed by atoms with Crippen molar-refractivity contribution in [3.05, 3.63) is 58.7 Å². The van der Waals surface area contributed by atoms with Crippen LogP contribution in [0.25, 0.3) is 33.1 Å². The zero-order valence-corrected chi connectivity index (χ0v) is 15.3. The third kappa shape index (κ3) is 2.59. The number of nitriles is 1. The Morgan fingerprint density at radius 3 is 2.56 bits per heavy atom. The smallest absolute Gasteiger partial charge is 0.175 e. The molecule has 0 aliphatic rings. The molecule has 4 rings (SSSR count). The number of hydrogen-bond acceptors (Lipinski definition) is 4. The normalized spacial score (nSPS) is 11.8. The first-order valence-corrected chi connectivity index (χ1v) is 8.65. The molecule has 0 saturated heterocycles. The molecule has 4 nitrogen and oxygen atoms in total. The topological polar surface area (TPSA) is 62.7 Å². The minimum Gasteiger partial charge on any atom is -0.355 e. The quantitative estimate of drug-likeness (QED) is 0.445. The molecule has 0 spiro atoms. The summed E-state index contributed by atoms with van der Waals surface area (Å²) < 4.78 is 6.61. The molecule has 0 saturated carbocycles. The van der Waals surface area contributed by atoms with Crippen molar-refractivity contribution in [3.8, 4) is 17.4 Å². The fourth-order valence-corrected chi connectivity index (χ4v) is 3.26. The highest BCUT2D eigenvalue weighted by Gasteiger charge is 2.20. The molecule has 2 heterocycles. The van der Waals surface area contributed by atoms with E-state index >= 15 is 0 Å². The molecule has 4 aromatic rings. The van der Waals surface area contributed by atoms with Gasteiger partial charge in [-0.15, -0.1) is 0 Å². The Morgan fingerprint density at radius 1 is 1.08 bits per heavy atom. The van der Waals surface area contributed by atoms with Crippen LogP contribution < -0.4 is 0 Å². The summed E-state index contributed by atoms with van der Waals surface area (Å²) in [5.41, 5.74) is 2.98. The lowest BCUT2D eigenvalue weighted by Crippen LogP contribution is -2.13. The van der Waals surface area contributed by atoms with Gasteiger partial charge in [0.05, 0.1) is 28.6 Å². The summed E-state index contributed by atoms with van der Waals surface area (Å²) in [6.07, 6.45) is 1.73. The largest absolute Gasteiger partial charge is 0.355 e. The molecule has 0 bridgehead atoms. The van der Waals surface area contributed by atoms with Crippen molar-refractivity contribution in [2.24, 2.45) is 0 Å². The minimum atomic E-state index is -0.524. The van der Waals surface area contributed by atoms with Crippen LogP contribution in [0.4, 0.5) is 0 Å². The monoisotopic (exact) mass is 391 g/mol. The average Bonchev–Trinajstić information content (AvgIpc) is 3.06. The van der Waals surface area contributed by atoms with Crippen LogP contribution in [-0.4, -0.2) is 10.1 Å². The third-order valence-corrected chi connectivity index (χ3v) is 4.91. The Labute approximate surface area is 153 Å². The number of fused-ring (bicyclic) bond motifs is 3. The lowest BCUT2D eigenvalue weighted by molar-refractivity contribution is 0.441. The number of pyridine rings is 1. The summed E-state index contributed by atoms with van der Waals surface area (Å²) in [7, 11) is 0. The van der Waals surface area contributed by atoms with Gasteiger partial charge >= 0.3 is 0 Å². The fraction of sp³-hybridized carbons (Fsp3) is 0.150. The molecular weight excluding hydrogens is 378 g/mol. The zero-order valence-electron chi connectivity index (χ0n) is 13.7. The molecule has 0 fully saturated rings. The standard InChI is InChI=1S/C20H14BrN3O/c1-20(2,11-22)13-5-3-12(4-6-13)19-18-15-9-14(21)7-8-16(15)23-10-17(18)24-25-19/h3-10H,1-2H3. The Hall–Kier alpha value is -2.71. The fourth-order valence-electron chi connectivity index (χ4n) is 2.90. The van der Waals surface area contributed by atoms with Gasteiger partial charge in [-0.2, -0.15) is 5.26 Å². The van der Waals surface area contributed by atoms with Gasteiger partial charge in [0.2, 0.25) is 0 Å². The van der Waals surface area contributed by atoms with Crippen molar-refractivity contribution in [2.75, 3.05) is 0 Å². The van der Waals surface area contributed by atoms with Crippen LogP contribution in [0.1, 0.15) is 19.4 Å². The van der Waals surface area contributed by atoms with Crippen LogP contribution in [0.2, 0.25) is 0 Å². The summed E-state index contributed by atoms with van der Waals surface area (Å²) in [5, 5.41) is 15.4. The van der Waals surface area contributed by atoms with Crippen molar-refractivity contribution in [2.45, 2.75) is 19.3 Å². The predicted octanol–water partition coefficient (Wildman–Crippen LogP) is 5.61. The van der Waals surface area contributed by atoms with Crippen molar-refractivity contribution in [1.29, 1.82) is 5.26 Å². The molecule has 25 heavy (non-hydrogen) atoms. The van der Waals surface area contributed by atoms with Gasteiger partial charge in [0.25, 0.3) is 0 Å². The van der Waals surface area contributed by atoms with Crippen LogP contribution in [0.15, 0.2) is 57.7 Å². The van der Waals surface area contributed by atoms with E-state index in [1.165, 1.54) is 0 Å². The third-order valence-electron chi connectivity index (χ3n) is 4.42. The summed E-state index contributed by atoms with van der Waals surface area (Å²) in [5.74, 6) is 0.710. The number of aromatic nitrogens is 2. The van der Waals surface area contributed by atoms with E-state index in [9.17, 15) is 5.26 Å². The maximum absolute atomic E-state index is 9.30.